The van der Waals surface area contributed by atoms with E-state index >= 15 is 0 Å². The molecule has 1 amide bonds. The van der Waals surface area contributed by atoms with E-state index in [1.807, 2.05) is 0 Å². The van der Waals surface area contributed by atoms with Crippen molar-refractivity contribution in [3.63, 3.8) is 0 Å². The molecule has 0 heterocycles. The van der Waals surface area contributed by atoms with E-state index in [9.17, 15) is 20.2 Å². The van der Waals surface area contributed by atoms with E-state index in [1.54, 1.807) is 18.2 Å². The van der Waals surface area contributed by atoms with Gasteiger partial charge in [-0.2, -0.15) is 5.26 Å². The maximum Gasteiger partial charge on any atom is 0.273 e. The van der Waals surface area contributed by atoms with E-state index < -0.39 is 10.8 Å². The molecule has 28 heavy (non-hydrogen) atoms. The van der Waals surface area contributed by atoms with Crippen molar-refractivity contribution < 1.29 is 19.2 Å². The molecule has 0 bridgehead atoms. The Morgan fingerprint density at radius 2 is 1.89 bits per heavy atom. The third-order valence-electron chi connectivity index (χ3n) is 3.54. The number of hydrogen-bond donors (Lipinski definition) is 2. The summed E-state index contributed by atoms with van der Waals surface area (Å²) < 4.78 is 10.2. The number of nitro benzene ring substituents is 1. The van der Waals surface area contributed by atoms with Gasteiger partial charge in [0.1, 0.15) is 23.1 Å². The summed E-state index contributed by atoms with van der Waals surface area (Å²) >= 11 is 5.92. The molecule has 0 saturated carbocycles. The van der Waals surface area contributed by atoms with Gasteiger partial charge >= 0.3 is 0 Å². The molecule has 2 aromatic carbocycles. The molecule has 0 fully saturated rings. The number of nitrogens with zero attached hydrogens (tertiary/aromatic N) is 2. The minimum absolute atomic E-state index is 0.155. The number of ether oxygens (including phenoxy) is 2. The van der Waals surface area contributed by atoms with Crippen LogP contribution in [0, 0.1) is 21.4 Å². The molecule has 0 aromatic heterocycles. The van der Waals surface area contributed by atoms with Crippen LogP contribution in [0.2, 0.25) is 5.02 Å². The molecular formula is C18H15ClN4O5. The first-order valence-corrected chi connectivity index (χ1v) is 8.11. The van der Waals surface area contributed by atoms with E-state index in [-0.39, 0.29) is 17.0 Å². The average molecular weight is 403 g/mol. The molecule has 0 saturated heterocycles. The Hall–Kier alpha value is -3.77. The van der Waals surface area contributed by atoms with Crippen molar-refractivity contribution in [3.8, 4) is 17.6 Å². The highest BCUT2D eigenvalue weighted by Crippen LogP contribution is 2.30. The molecule has 0 radical (unpaired) electrons. The number of nitriles is 1. The summed E-state index contributed by atoms with van der Waals surface area (Å²) in [4.78, 5) is 22.7. The largest absolute Gasteiger partial charge is 0.495 e. The van der Waals surface area contributed by atoms with Crippen molar-refractivity contribution in [3.05, 3.63) is 63.3 Å². The van der Waals surface area contributed by atoms with Crippen molar-refractivity contribution in [1.82, 2.24) is 0 Å². The lowest BCUT2D eigenvalue weighted by atomic mass is 10.2. The van der Waals surface area contributed by atoms with E-state index in [4.69, 9.17) is 21.1 Å². The number of nitro groups is 1. The Morgan fingerprint density at radius 1 is 1.18 bits per heavy atom. The lowest BCUT2D eigenvalue weighted by Crippen LogP contribution is -2.15. The van der Waals surface area contributed by atoms with Crippen LogP contribution in [0.5, 0.6) is 11.5 Å². The number of nitrogens with one attached hydrogen (secondary N) is 2. The maximum atomic E-state index is 12.4. The lowest BCUT2D eigenvalue weighted by molar-refractivity contribution is -0.384. The number of benzene rings is 2. The molecule has 10 heteroatoms. The first kappa shape index (κ1) is 20.5. The first-order valence-electron chi connectivity index (χ1n) is 7.73. The SMILES string of the molecule is COc1cc([N+](=O)[O-])ccc1N/C=C(/C#N)C(=O)Nc1cc(Cl)ccc1OC. The van der Waals surface area contributed by atoms with Crippen LogP contribution in [0.4, 0.5) is 17.1 Å². The van der Waals surface area contributed by atoms with E-state index in [1.165, 1.54) is 38.5 Å². The van der Waals surface area contributed by atoms with Gasteiger partial charge in [0.25, 0.3) is 11.6 Å². The van der Waals surface area contributed by atoms with E-state index in [0.29, 0.717) is 22.1 Å². The quantitative estimate of drug-likeness (QED) is 0.312. The zero-order valence-electron chi connectivity index (χ0n) is 14.9. The summed E-state index contributed by atoms with van der Waals surface area (Å²) in [5.74, 6) is -0.142. The predicted molar refractivity (Wildman–Crippen MR) is 104 cm³/mol. The lowest BCUT2D eigenvalue weighted by Gasteiger charge is -2.11. The molecule has 0 spiro atoms. The van der Waals surface area contributed by atoms with Crippen LogP contribution >= 0.6 is 11.6 Å². The Labute approximate surface area is 165 Å². The normalized spacial score (nSPS) is 10.6. The zero-order chi connectivity index (χ0) is 20.7. The number of amides is 1. The van der Waals surface area contributed by atoms with Crippen molar-refractivity contribution >= 4 is 34.6 Å². The third kappa shape index (κ3) is 4.90. The second-order valence-corrected chi connectivity index (χ2v) is 5.69. The van der Waals surface area contributed by atoms with Gasteiger partial charge in [0.05, 0.1) is 36.6 Å². The average Bonchev–Trinajstić information content (AvgIpc) is 2.68. The smallest absolute Gasteiger partial charge is 0.273 e. The van der Waals surface area contributed by atoms with Crippen LogP contribution in [-0.4, -0.2) is 25.1 Å². The van der Waals surface area contributed by atoms with Gasteiger partial charge in [0, 0.05) is 17.3 Å². The van der Waals surface area contributed by atoms with Crippen molar-refractivity contribution in [2.45, 2.75) is 0 Å². The fourth-order valence-electron chi connectivity index (χ4n) is 2.18. The summed E-state index contributed by atoms with van der Waals surface area (Å²) in [5, 5.41) is 25.8. The molecule has 0 aliphatic carbocycles. The van der Waals surface area contributed by atoms with Crippen LogP contribution in [0.25, 0.3) is 0 Å². The highest BCUT2D eigenvalue weighted by atomic mass is 35.5. The summed E-state index contributed by atoms with van der Waals surface area (Å²) in [5.41, 5.74) is 0.239. The first-order chi connectivity index (χ1) is 13.4. The molecular weight excluding hydrogens is 388 g/mol. The minimum Gasteiger partial charge on any atom is -0.495 e. The highest BCUT2D eigenvalue weighted by Gasteiger charge is 2.14. The maximum absolute atomic E-state index is 12.4. The molecule has 9 nitrogen and oxygen atoms in total. The zero-order valence-corrected chi connectivity index (χ0v) is 15.6. The van der Waals surface area contributed by atoms with E-state index in [2.05, 4.69) is 10.6 Å². The fraction of sp³-hybridized carbons (Fsp3) is 0.111. The Balaban J connectivity index is 2.23. The topological polar surface area (TPSA) is 127 Å². The highest BCUT2D eigenvalue weighted by molar-refractivity contribution is 6.31. The molecule has 0 atom stereocenters. The summed E-state index contributed by atoms with van der Waals surface area (Å²) in [6.45, 7) is 0. The van der Waals surface area contributed by atoms with Gasteiger partial charge in [0.15, 0.2) is 0 Å². The van der Waals surface area contributed by atoms with Gasteiger partial charge in [-0.1, -0.05) is 11.6 Å². The number of rotatable bonds is 7. The van der Waals surface area contributed by atoms with Crippen LogP contribution in [0.1, 0.15) is 0 Å². The third-order valence-corrected chi connectivity index (χ3v) is 3.78. The standard InChI is InChI=1S/C18H15ClN4O5/c1-27-16-6-3-12(19)7-15(16)22-18(24)11(9-20)10-21-14-5-4-13(23(25)26)8-17(14)28-2/h3-8,10,21H,1-2H3,(H,22,24)/b11-10-. The van der Waals surface area contributed by atoms with Crippen molar-refractivity contribution in [2.75, 3.05) is 24.9 Å². The summed E-state index contributed by atoms with van der Waals surface area (Å²) in [6, 6.07) is 10.3. The van der Waals surface area contributed by atoms with Gasteiger partial charge in [0.2, 0.25) is 0 Å². The van der Waals surface area contributed by atoms with Crippen LogP contribution in [0.15, 0.2) is 48.2 Å². The monoisotopic (exact) mass is 402 g/mol. The van der Waals surface area contributed by atoms with Crippen LogP contribution < -0.4 is 20.1 Å². The minimum atomic E-state index is -0.698. The number of hydrogen-bond acceptors (Lipinski definition) is 7. The Morgan fingerprint density at radius 3 is 2.50 bits per heavy atom. The Bertz CT molecular complexity index is 984. The molecule has 2 aromatic rings. The summed E-state index contributed by atoms with van der Waals surface area (Å²) in [7, 11) is 2.78. The molecule has 0 aliphatic heterocycles. The predicted octanol–water partition coefficient (Wildman–Crippen LogP) is 3.72. The number of anilines is 2. The van der Waals surface area contributed by atoms with Crippen LogP contribution in [0.3, 0.4) is 0 Å². The van der Waals surface area contributed by atoms with Gasteiger partial charge < -0.3 is 20.1 Å². The van der Waals surface area contributed by atoms with Crippen molar-refractivity contribution in [1.29, 1.82) is 5.26 Å². The van der Waals surface area contributed by atoms with Crippen molar-refractivity contribution in [2.24, 2.45) is 0 Å². The number of carbonyl (C=O) groups excluding carboxylic acids is 1. The number of non-ortho nitro benzene ring substituents is 1. The van der Waals surface area contributed by atoms with Crippen LogP contribution in [-0.2, 0) is 4.79 Å². The summed E-state index contributed by atoms with van der Waals surface area (Å²) in [6.07, 6.45) is 1.16. The second kappa shape index (κ2) is 9.25. The van der Waals surface area contributed by atoms with E-state index in [0.717, 1.165) is 6.20 Å². The second-order valence-electron chi connectivity index (χ2n) is 5.25. The molecule has 2 N–H and O–H groups in total. The molecule has 0 unspecified atom stereocenters. The van der Waals surface area contributed by atoms with Gasteiger partial charge in [-0.25, -0.2) is 0 Å². The van der Waals surface area contributed by atoms with Gasteiger partial charge in [-0.3, -0.25) is 14.9 Å². The number of carbonyl (C=O) groups is 1. The Kier molecular flexibility index (Phi) is 6.79. The molecule has 2 rings (SSSR count). The van der Waals surface area contributed by atoms with Gasteiger partial charge in [-0.05, 0) is 24.3 Å². The number of halogens is 1. The molecule has 0 aliphatic rings. The van der Waals surface area contributed by atoms with Gasteiger partial charge in [-0.15, -0.1) is 0 Å². The molecule has 144 valence electrons. The fourth-order valence-corrected chi connectivity index (χ4v) is 2.35. The number of methoxy groups -OCH3 is 2.